The van der Waals surface area contributed by atoms with Gasteiger partial charge in [0.25, 0.3) is 0 Å². The summed E-state index contributed by atoms with van der Waals surface area (Å²) in [5, 5.41) is 0. The van der Waals surface area contributed by atoms with E-state index in [1.807, 2.05) is 0 Å². The highest BCUT2D eigenvalue weighted by Crippen LogP contribution is 2.39. The Labute approximate surface area is 130 Å². The second-order valence-electron chi connectivity index (χ2n) is 6.39. The molecule has 0 aromatic heterocycles. The number of sulfonamides is 1. The van der Waals surface area contributed by atoms with Crippen LogP contribution in [0.15, 0.2) is 23.1 Å². The first-order valence-corrected chi connectivity index (χ1v) is 9.31. The number of carbonyl (C=O) groups is 1. The number of ketones is 1. The van der Waals surface area contributed by atoms with E-state index in [0.717, 1.165) is 37.0 Å². The van der Waals surface area contributed by atoms with Crippen LogP contribution in [0.5, 0.6) is 5.75 Å². The molecule has 3 aliphatic rings. The smallest absolute Gasteiger partial charge is 0.243 e. The van der Waals surface area contributed by atoms with E-state index in [4.69, 9.17) is 4.74 Å². The molecule has 3 heterocycles. The Bertz CT molecular complexity index is 712. The summed E-state index contributed by atoms with van der Waals surface area (Å²) in [4.78, 5) is 12.0. The predicted octanol–water partition coefficient (Wildman–Crippen LogP) is 1.90. The Kier molecular flexibility index (Phi) is 3.27. The molecule has 2 atom stereocenters. The zero-order chi connectivity index (χ0) is 15.3. The van der Waals surface area contributed by atoms with Gasteiger partial charge in [0.15, 0.2) is 0 Å². The molecule has 1 aromatic rings. The molecule has 3 aliphatic heterocycles. The zero-order valence-electron chi connectivity index (χ0n) is 12.3. The lowest BCUT2D eigenvalue weighted by Gasteiger charge is -2.33. The average molecular weight is 321 g/mol. The van der Waals surface area contributed by atoms with Gasteiger partial charge in [-0.2, -0.15) is 4.31 Å². The van der Waals surface area contributed by atoms with Gasteiger partial charge in [-0.05, 0) is 49.4 Å². The summed E-state index contributed by atoms with van der Waals surface area (Å²) in [5.41, 5.74) is 0.966. The maximum absolute atomic E-state index is 13.0. The number of ether oxygens (including phenoxy) is 1. The molecule has 0 saturated carbocycles. The Hall–Kier alpha value is -1.40. The van der Waals surface area contributed by atoms with Crippen LogP contribution in [0.25, 0.3) is 0 Å². The minimum atomic E-state index is -3.53. The van der Waals surface area contributed by atoms with Crippen molar-refractivity contribution in [3.05, 3.63) is 23.8 Å². The second-order valence-corrected chi connectivity index (χ2v) is 8.23. The van der Waals surface area contributed by atoms with Crippen molar-refractivity contribution in [3.63, 3.8) is 0 Å². The third-order valence-corrected chi connectivity index (χ3v) is 6.94. The number of nitrogens with zero attached hydrogens (tertiary/aromatic N) is 1. The van der Waals surface area contributed by atoms with E-state index < -0.39 is 10.0 Å². The third-order valence-electron chi connectivity index (χ3n) is 4.93. The average Bonchev–Trinajstić information content (AvgIpc) is 2.80. The van der Waals surface area contributed by atoms with E-state index >= 15 is 0 Å². The summed E-state index contributed by atoms with van der Waals surface area (Å²) < 4.78 is 33.2. The molecule has 5 nitrogen and oxygen atoms in total. The van der Waals surface area contributed by atoms with Gasteiger partial charge in [0.05, 0.1) is 11.5 Å². The minimum absolute atomic E-state index is 0.150. The highest BCUT2D eigenvalue weighted by Gasteiger charge is 2.46. The van der Waals surface area contributed by atoms with Crippen molar-refractivity contribution in [2.45, 2.75) is 55.5 Å². The number of aryl methyl sites for hydroxylation is 1. The number of hydrogen-bond acceptors (Lipinski definition) is 4. The molecule has 2 fully saturated rings. The number of rotatable bonds is 2. The molecule has 0 spiro atoms. The maximum atomic E-state index is 13.0. The molecule has 0 amide bonds. The quantitative estimate of drug-likeness (QED) is 0.834. The van der Waals surface area contributed by atoms with Gasteiger partial charge in [0.2, 0.25) is 10.0 Å². The Morgan fingerprint density at radius 1 is 1.14 bits per heavy atom. The van der Waals surface area contributed by atoms with Gasteiger partial charge < -0.3 is 4.74 Å². The van der Waals surface area contributed by atoms with Crippen molar-refractivity contribution in [2.24, 2.45) is 0 Å². The van der Waals surface area contributed by atoms with Gasteiger partial charge in [0, 0.05) is 24.9 Å². The number of fused-ring (bicyclic) bond motifs is 3. The van der Waals surface area contributed by atoms with Gasteiger partial charge in [-0.3, -0.25) is 4.79 Å². The first-order chi connectivity index (χ1) is 10.6. The fourth-order valence-electron chi connectivity index (χ4n) is 3.94. The van der Waals surface area contributed by atoms with E-state index in [1.165, 1.54) is 0 Å². The first kappa shape index (κ1) is 14.2. The van der Waals surface area contributed by atoms with E-state index in [0.29, 0.717) is 24.3 Å². The van der Waals surface area contributed by atoms with E-state index in [9.17, 15) is 13.2 Å². The standard InChI is InChI=1S/C16H19NO4S/c18-14-9-12-3-4-13(10-14)17(12)22(19,20)15-5-6-16-11(8-15)2-1-7-21-16/h5-6,8,12-13H,1-4,7,9-10H2. The van der Waals surface area contributed by atoms with Crippen LogP contribution in [0.4, 0.5) is 0 Å². The number of piperidine rings is 1. The van der Waals surface area contributed by atoms with Crippen LogP contribution >= 0.6 is 0 Å². The molecular weight excluding hydrogens is 302 g/mol. The Morgan fingerprint density at radius 3 is 2.59 bits per heavy atom. The summed E-state index contributed by atoms with van der Waals surface area (Å²) in [6.45, 7) is 0.692. The molecule has 118 valence electrons. The summed E-state index contributed by atoms with van der Waals surface area (Å²) in [5.74, 6) is 0.986. The van der Waals surface area contributed by atoms with E-state index in [-0.39, 0.29) is 17.9 Å². The summed E-state index contributed by atoms with van der Waals surface area (Å²) >= 11 is 0. The number of hydrogen-bond donors (Lipinski definition) is 0. The number of carbonyl (C=O) groups excluding carboxylic acids is 1. The van der Waals surface area contributed by atoms with Crippen LogP contribution in [0, 0.1) is 0 Å². The molecule has 2 bridgehead atoms. The number of benzene rings is 1. The first-order valence-electron chi connectivity index (χ1n) is 7.87. The van der Waals surface area contributed by atoms with Crippen molar-refractivity contribution in [3.8, 4) is 5.75 Å². The molecule has 2 unspecified atom stereocenters. The summed E-state index contributed by atoms with van der Waals surface area (Å²) in [6, 6.07) is 4.85. The third kappa shape index (κ3) is 2.16. The molecule has 0 radical (unpaired) electrons. The summed E-state index contributed by atoms with van der Waals surface area (Å²) in [6.07, 6.45) is 4.09. The van der Waals surface area contributed by atoms with Gasteiger partial charge in [-0.15, -0.1) is 0 Å². The number of Topliss-reactive ketones (excluding diaryl/α,β-unsaturated/α-hetero) is 1. The Balaban J connectivity index is 1.71. The topological polar surface area (TPSA) is 63.7 Å². The lowest BCUT2D eigenvalue weighted by atomic mass is 10.0. The van der Waals surface area contributed by atoms with E-state index in [2.05, 4.69) is 0 Å². The fourth-order valence-corrected chi connectivity index (χ4v) is 5.86. The predicted molar refractivity (Wildman–Crippen MR) is 80.3 cm³/mol. The monoisotopic (exact) mass is 321 g/mol. The van der Waals surface area contributed by atoms with Crippen LogP contribution < -0.4 is 4.74 Å². The molecule has 22 heavy (non-hydrogen) atoms. The van der Waals surface area contributed by atoms with E-state index in [1.54, 1.807) is 22.5 Å². The SMILES string of the molecule is O=C1CC2CCC(C1)N2S(=O)(=O)c1ccc2c(c1)CCCO2. The van der Waals surface area contributed by atoms with Crippen molar-refractivity contribution >= 4 is 15.8 Å². The molecule has 4 rings (SSSR count). The molecule has 2 saturated heterocycles. The van der Waals surface area contributed by atoms with Crippen molar-refractivity contribution < 1.29 is 17.9 Å². The van der Waals surface area contributed by atoms with Crippen LogP contribution in [0.1, 0.15) is 37.7 Å². The van der Waals surface area contributed by atoms with Gasteiger partial charge >= 0.3 is 0 Å². The Morgan fingerprint density at radius 2 is 1.86 bits per heavy atom. The minimum Gasteiger partial charge on any atom is -0.493 e. The fraction of sp³-hybridized carbons (Fsp3) is 0.562. The highest BCUT2D eigenvalue weighted by atomic mass is 32.2. The molecule has 6 heteroatoms. The second kappa shape index (κ2) is 5.06. The van der Waals surface area contributed by atoms with Crippen LogP contribution in [-0.4, -0.2) is 37.2 Å². The zero-order valence-corrected chi connectivity index (χ0v) is 13.1. The van der Waals surface area contributed by atoms with Crippen LogP contribution in [-0.2, 0) is 21.2 Å². The van der Waals surface area contributed by atoms with Gasteiger partial charge in [0.1, 0.15) is 11.5 Å². The van der Waals surface area contributed by atoms with Crippen molar-refractivity contribution in [1.29, 1.82) is 0 Å². The molecular formula is C16H19NO4S. The van der Waals surface area contributed by atoms with Crippen molar-refractivity contribution in [1.82, 2.24) is 4.31 Å². The highest BCUT2D eigenvalue weighted by molar-refractivity contribution is 7.89. The normalized spacial score (nSPS) is 28.3. The molecule has 0 aliphatic carbocycles. The maximum Gasteiger partial charge on any atom is 0.243 e. The molecule has 0 N–H and O–H groups in total. The largest absolute Gasteiger partial charge is 0.493 e. The summed E-state index contributed by atoms with van der Waals surface area (Å²) in [7, 11) is -3.53. The van der Waals surface area contributed by atoms with Crippen molar-refractivity contribution in [2.75, 3.05) is 6.61 Å². The van der Waals surface area contributed by atoms with Crippen LogP contribution in [0.3, 0.4) is 0 Å². The van der Waals surface area contributed by atoms with Crippen LogP contribution in [0.2, 0.25) is 0 Å². The van der Waals surface area contributed by atoms with Gasteiger partial charge in [-0.25, -0.2) is 8.42 Å². The lowest BCUT2D eigenvalue weighted by molar-refractivity contribution is -0.122. The van der Waals surface area contributed by atoms with Gasteiger partial charge in [-0.1, -0.05) is 0 Å². The molecule has 1 aromatic carbocycles. The lowest BCUT2D eigenvalue weighted by Crippen LogP contribution is -2.46.